The highest BCUT2D eigenvalue weighted by molar-refractivity contribution is 5.98. The lowest BCUT2D eigenvalue weighted by atomic mass is 10.0. The molecule has 0 unspecified atom stereocenters. The maximum Gasteiger partial charge on any atom is 0.490 e. The highest BCUT2D eigenvalue weighted by Gasteiger charge is 2.38. The molecule has 0 aliphatic rings. The van der Waals surface area contributed by atoms with Crippen LogP contribution in [0.4, 0.5) is 22.0 Å². The number of aromatic amines is 2. The fraction of sp³-hybridized carbons (Fsp3) is 0.0909. The van der Waals surface area contributed by atoms with Crippen molar-refractivity contribution in [3.8, 4) is 22.6 Å². The number of carboxylic acid groups (broad SMARTS) is 1. The number of hydrogen-bond acceptors (Lipinski definition) is 5. The fourth-order valence-electron chi connectivity index (χ4n) is 3.30. The summed E-state index contributed by atoms with van der Waals surface area (Å²) in [4.78, 5) is 28.5. The van der Waals surface area contributed by atoms with Crippen molar-refractivity contribution in [1.29, 1.82) is 0 Å². The normalized spacial score (nSPS) is 11.4. The van der Waals surface area contributed by atoms with E-state index in [1.165, 1.54) is 17.0 Å². The van der Waals surface area contributed by atoms with Gasteiger partial charge in [-0.05, 0) is 18.2 Å². The number of nitrogens with zero attached hydrogens (tertiary/aromatic N) is 3. The van der Waals surface area contributed by atoms with Gasteiger partial charge in [0.2, 0.25) is 0 Å². The van der Waals surface area contributed by atoms with Crippen LogP contribution in [0.25, 0.3) is 33.1 Å². The van der Waals surface area contributed by atoms with E-state index in [1.54, 1.807) is 31.6 Å². The molecule has 9 nitrogen and oxygen atoms in total. The zero-order valence-corrected chi connectivity index (χ0v) is 18.0. The first kappa shape index (κ1) is 24.4. The Bertz CT molecular complexity index is 1650. The minimum Gasteiger partial charge on any atom is -0.475 e. The summed E-state index contributed by atoms with van der Waals surface area (Å²) in [7, 11) is 1.62. The molecule has 0 fully saturated rings. The van der Waals surface area contributed by atoms with Gasteiger partial charge in [-0.15, -0.1) is 0 Å². The van der Waals surface area contributed by atoms with Crippen LogP contribution in [0, 0.1) is 11.6 Å². The summed E-state index contributed by atoms with van der Waals surface area (Å²) in [6, 6.07) is 6.55. The molecule has 3 heterocycles. The van der Waals surface area contributed by atoms with Crippen LogP contribution in [-0.2, 0) is 11.8 Å². The van der Waals surface area contributed by atoms with Crippen molar-refractivity contribution in [2.75, 3.05) is 0 Å². The maximum atomic E-state index is 14.2. The van der Waals surface area contributed by atoms with E-state index in [1.807, 2.05) is 0 Å². The van der Waals surface area contributed by atoms with E-state index in [0.29, 0.717) is 38.8 Å². The van der Waals surface area contributed by atoms with Crippen molar-refractivity contribution in [2.45, 2.75) is 6.18 Å². The lowest BCUT2D eigenvalue weighted by Crippen LogP contribution is -2.21. The quantitative estimate of drug-likeness (QED) is 0.309. The molecular weight excluding hydrogens is 493 g/mol. The summed E-state index contributed by atoms with van der Waals surface area (Å²) in [6.07, 6.45) is -0.351. The summed E-state index contributed by atoms with van der Waals surface area (Å²) in [6.45, 7) is 0. The predicted molar refractivity (Wildman–Crippen MR) is 117 cm³/mol. The molecule has 0 atom stereocenters. The molecule has 0 aliphatic carbocycles. The number of fused-ring (bicyclic) bond motifs is 2. The van der Waals surface area contributed by atoms with Gasteiger partial charge >= 0.3 is 12.1 Å². The van der Waals surface area contributed by atoms with Crippen molar-refractivity contribution < 1.29 is 36.6 Å². The number of hydrogen-bond donors (Lipinski definition) is 3. The molecule has 186 valence electrons. The van der Waals surface area contributed by atoms with Crippen molar-refractivity contribution in [2.24, 2.45) is 7.05 Å². The number of ether oxygens (including phenoxy) is 1. The van der Waals surface area contributed by atoms with Gasteiger partial charge in [0, 0.05) is 41.9 Å². The average Bonchev–Trinajstić information content (AvgIpc) is 3.47. The maximum absolute atomic E-state index is 14.2. The highest BCUT2D eigenvalue weighted by atomic mass is 19.4. The first-order valence-electron chi connectivity index (χ1n) is 9.89. The van der Waals surface area contributed by atoms with E-state index in [4.69, 9.17) is 14.6 Å². The van der Waals surface area contributed by atoms with Crippen molar-refractivity contribution in [3.63, 3.8) is 0 Å². The molecule has 5 aromatic rings. The van der Waals surface area contributed by atoms with Gasteiger partial charge in [-0.25, -0.2) is 18.6 Å². The number of halogens is 5. The van der Waals surface area contributed by atoms with E-state index in [2.05, 4.69) is 20.2 Å². The zero-order chi connectivity index (χ0) is 26.2. The first-order chi connectivity index (χ1) is 17.0. The smallest absolute Gasteiger partial charge is 0.475 e. The van der Waals surface area contributed by atoms with Crippen molar-refractivity contribution >= 4 is 27.9 Å². The third-order valence-corrected chi connectivity index (χ3v) is 4.95. The van der Waals surface area contributed by atoms with Crippen LogP contribution in [0.15, 0.2) is 53.8 Å². The minimum atomic E-state index is -5.08. The topological polar surface area (TPSA) is 126 Å². The van der Waals surface area contributed by atoms with Crippen molar-refractivity contribution in [3.05, 3.63) is 71.0 Å². The Morgan fingerprint density at radius 3 is 2.50 bits per heavy atom. The molecule has 0 amide bonds. The van der Waals surface area contributed by atoms with Gasteiger partial charge in [0.05, 0.1) is 23.6 Å². The third kappa shape index (κ3) is 4.73. The largest absolute Gasteiger partial charge is 0.490 e. The average molecular weight is 507 g/mol. The lowest BCUT2D eigenvalue weighted by Gasteiger charge is -2.14. The summed E-state index contributed by atoms with van der Waals surface area (Å²) in [5.41, 5.74) is 2.69. The lowest BCUT2D eigenvalue weighted by molar-refractivity contribution is -0.192. The van der Waals surface area contributed by atoms with Crippen LogP contribution in [0.2, 0.25) is 0 Å². The zero-order valence-electron chi connectivity index (χ0n) is 18.0. The van der Waals surface area contributed by atoms with E-state index in [9.17, 15) is 26.7 Å². The van der Waals surface area contributed by atoms with Gasteiger partial charge in [0.25, 0.3) is 5.56 Å². The number of imidazole rings is 1. The number of H-pyrrole nitrogens is 2. The number of nitrogens with one attached hydrogen (secondary N) is 2. The summed E-state index contributed by atoms with van der Waals surface area (Å²) < 4.78 is 66.4. The molecule has 0 aliphatic heterocycles. The number of carboxylic acids is 1. The van der Waals surface area contributed by atoms with Gasteiger partial charge in [-0.3, -0.25) is 9.89 Å². The molecule has 0 saturated carbocycles. The fourth-order valence-corrected chi connectivity index (χ4v) is 3.30. The molecule has 3 aromatic heterocycles. The molecular formula is C22H14F5N5O4. The van der Waals surface area contributed by atoms with Crippen LogP contribution in [0.5, 0.6) is 11.5 Å². The number of alkyl halides is 3. The van der Waals surface area contributed by atoms with Gasteiger partial charge in [0.15, 0.2) is 11.6 Å². The second kappa shape index (κ2) is 9.13. The third-order valence-electron chi connectivity index (χ3n) is 4.95. The molecule has 0 spiro atoms. The Morgan fingerprint density at radius 2 is 1.83 bits per heavy atom. The Labute approximate surface area is 196 Å². The number of aryl methyl sites for hydroxylation is 1. The molecule has 5 rings (SSSR count). The van der Waals surface area contributed by atoms with Gasteiger partial charge in [-0.2, -0.15) is 18.3 Å². The minimum absolute atomic E-state index is 0.125. The second-order valence-electron chi connectivity index (χ2n) is 7.37. The number of aromatic nitrogens is 5. The van der Waals surface area contributed by atoms with E-state index >= 15 is 0 Å². The standard InChI is InChI=1S/C20H13F2N5O2.C2HF3O2/c1-27-8-13(12-7-25-26-19(12)20(27)28)11-5-15-16(24-9-23-15)6-18(11)29-17-3-2-10(21)4-14(17)22;3-2(4,5)1(6)7/h2-9H,1H3,(H,23,24)(H,25,26);(H,6,7). The van der Waals surface area contributed by atoms with Crippen molar-refractivity contribution in [1.82, 2.24) is 24.7 Å². The Hall–Kier alpha value is -4.75. The Balaban J connectivity index is 0.000000384. The number of aliphatic carboxylic acids is 1. The second-order valence-corrected chi connectivity index (χ2v) is 7.37. The molecule has 0 bridgehead atoms. The van der Waals surface area contributed by atoms with Gasteiger partial charge in [-0.1, -0.05) is 0 Å². The monoisotopic (exact) mass is 507 g/mol. The number of pyridine rings is 1. The molecule has 2 aromatic carbocycles. The van der Waals surface area contributed by atoms with Crippen LogP contribution in [0.1, 0.15) is 0 Å². The molecule has 3 N–H and O–H groups in total. The molecule has 0 saturated heterocycles. The Kier molecular flexibility index (Phi) is 6.18. The van der Waals surface area contributed by atoms with Gasteiger partial charge in [0.1, 0.15) is 17.1 Å². The Morgan fingerprint density at radius 1 is 1.11 bits per heavy atom. The van der Waals surface area contributed by atoms with E-state index in [0.717, 1.165) is 12.1 Å². The molecule has 0 radical (unpaired) electrons. The van der Waals surface area contributed by atoms with Crippen LogP contribution >= 0.6 is 0 Å². The van der Waals surface area contributed by atoms with E-state index < -0.39 is 23.8 Å². The number of benzene rings is 2. The van der Waals surface area contributed by atoms with E-state index in [-0.39, 0.29) is 11.3 Å². The van der Waals surface area contributed by atoms with Crippen LogP contribution < -0.4 is 10.3 Å². The summed E-state index contributed by atoms with van der Waals surface area (Å²) >= 11 is 0. The van der Waals surface area contributed by atoms with Crippen LogP contribution in [0.3, 0.4) is 0 Å². The molecule has 14 heteroatoms. The predicted octanol–water partition coefficient (Wildman–Crippen LogP) is 4.51. The van der Waals surface area contributed by atoms with Crippen LogP contribution in [-0.4, -0.2) is 42.0 Å². The SMILES string of the molecule is Cn1cc(-c2cc3nc[nH]c3cc2Oc2ccc(F)cc2F)c2cn[nH]c2c1=O.O=C(O)C(F)(F)F. The summed E-state index contributed by atoms with van der Waals surface area (Å²) in [5, 5.41) is 14.4. The highest BCUT2D eigenvalue weighted by Crippen LogP contribution is 2.39. The van der Waals surface area contributed by atoms with Gasteiger partial charge < -0.3 is 19.4 Å². The first-order valence-corrected chi connectivity index (χ1v) is 9.89. The molecule has 36 heavy (non-hydrogen) atoms. The summed E-state index contributed by atoms with van der Waals surface area (Å²) in [5.74, 6) is -4.09. The number of rotatable bonds is 3. The number of carbonyl (C=O) groups is 1.